The fourth-order valence-electron chi connectivity index (χ4n) is 2.64. The third-order valence-corrected chi connectivity index (χ3v) is 3.52. The summed E-state index contributed by atoms with van der Waals surface area (Å²) in [6, 6.07) is 6.08. The Bertz CT molecular complexity index is 451. The van der Waals surface area contributed by atoms with Crippen molar-refractivity contribution in [3.63, 3.8) is 0 Å². The Morgan fingerprint density at radius 3 is 2.90 bits per heavy atom. The van der Waals surface area contributed by atoms with E-state index in [1.807, 2.05) is 6.92 Å². The molecule has 1 heterocycles. The molecule has 0 saturated carbocycles. The number of ether oxygens (including phenoxy) is 2. The first-order chi connectivity index (χ1) is 9.99. The summed E-state index contributed by atoms with van der Waals surface area (Å²) >= 11 is 0. The zero-order valence-electron chi connectivity index (χ0n) is 12.0. The average Bonchev–Trinajstić information content (AvgIpc) is 2.44. The molecule has 0 radical (unpaired) electrons. The van der Waals surface area contributed by atoms with Crippen molar-refractivity contribution in [2.75, 3.05) is 19.7 Å². The van der Waals surface area contributed by atoms with Gasteiger partial charge in [0.1, 0.15) is 5.75 Å². The van der Waals surface area contributed by atoms with Gasteiger partial charge in [-0.25, -0.2) is 0 Å². The monoisotopic (exact) mass is 303 g/mol. The van der Waals surface area contributed by atoms with Crippen molar-refractivity contribution in [1.29, 1.82) is 0 Å². The van der Waals surface area contributed by atoms with Gasteiger partial charge in [-0.15, -0.1) is 13.2 Å². The van der Waals surface area contributed by atoms with Crippen molar-refractivity contribution in [2.24, 2.45) is 5.92 Å². The largest absolute Gasteiger partial charge is 0.573 e. The van der Waals surface area contributed by atoms with Crippen LogP contribution in [0.3, 0.4) is 0 Å². The third-order valence-electron chi connectivity index (χ3n) is 3.52. The van der Waals surface area contributed by atoms with E-state index in [2.05, 4.69) is 10.1 Å². The van der Waals surface area contributed by atoms with Gasteiger partial charge >= 0.3 is 6.36 Å². The normalized spacial score (nSPS) is 23.0. The molecule has 1 N–H and O–H groups in total. The number of benzene rings is 1. The predicted molar refractivity (Wildman–Crippen MR) is 73.1 cm³/mol. The standard InChI is InChI=1S/C15H20F3NO2/c1-2-19-10-12-6-4-8-20-14(12)11-5-3-7-13(9-11)21-15(16,17)18/h3,5,7,9,12,14,19H,2,4,6,8,10H2,1H3. The van der Waals surface area contributed by atoms with Crippen molar-refractivity contribution in [2.45, 2.75) is 32.2 Å². The van der Waals surface area contributed by atoms with Gasteiger partial charge in [-0.2, -0.15) is 0 Å². The molecule has 0 spiro atoms. The molecule has 2 rings (SSSR count). The number of halogens is 3. The van der Waals surface area contributed by atoms with Gasteiger partial charge in [-0.1, -0.05) is 19.1 Å². The van der Waals surface area contributed by atoms with Gasteiger partial charge in [-0.3, -0.25) is 0 Å². The van der Waals surface area contributed by atoms with Crippen molar-refractivity contribution in [3.05, 3.63) is 29.8 Å². The van der Waals surface area contributed by atoms with E-state index in [0.717, 1.165) is 31.5 Å². The first-order valence-corrected chi connectivity index (χ1v) is 7.17. The van der Waals surface area contributed by atoms with Gasteiger partial charge in [-0.05, 0) is 37.1 Å². The van der Waals surface area contributed by atoms with Gasteiger partial charge in [0.05, 0.1) is 6.10 Å². The lowest BCUT2D eigenvalue weighted by Crippen LogP contribution is -2.31. The molecule has 0 aromatic heterocycles. The molecule has 1 aliphatic rings. The molecule has 0 aliphatic carbocycles. The molecule has 1 aliphatic heterocycles. The number of nitrogens with one attached hydrogen (secondary N) is 1. The van der Waals surface area contributed by atoms with E-state index in [4.69, 9.17) is 4.74 Å². The van der Waals surface area contributed by atoms with Crippen LogP contribution in [0, 0.1) is 5.92 Å². The van der Waals surface area contributed by atoms with Crippen LogP contribution in [0.1, 0.15) is 31.4 Å². The zero-order chi connectivity index (χ0) is 15.3. The molecular formula is C15H20F3NO2. The van der Waals surface area contributed by atoms with E-state index in [1.165, 1.54) is 12.1 Å². The molecule has 118 valence electrons. The van der Waals surface area contributed by atoms with Crippen LogP contribution in [0.15, 0.2) is 24.3 Å². The molecule has 1 aromatic carbocycles. The van der Waals surface area contributed by atoms with Gasteiger partial charge < -0.3 is 14.8 Å². The van der Waals surface area contributed by atoms with Gasteiger partial charge in [0.25, 0.3) is 0 Å². The number of rotatable bonds is 5. The smallest absolute Gasteiger partial charge is 0.406 e. The van der Waals surface area contributed by atoms with E-state index in [1.54, 1.807) is 12.1 Å². The maximum absolute atomic E-state index is 12.3. The quantitative estimate of drug-likeness (QED) is 0.900. The Morgan fingerprint density at radius 1 is 1.38 bits per heavy atom. The van der Waals surface area contributed by atoms with Crippen LogP contribution >= 0.6 is 0 Å². The maximum atomic E-state index is 12.3. The number of hydrogen-bond donors (Lipinski definition) is 1. The van der Waals surface area contributed by atoms with Crippen LogP contribution in [0.25, 0.3) is 0 Å². The molecule has 0 amide bonds. The summed E-state index contributed by atoms with van der Waals surface area (Å²) in [6.07, 6.45) is -2.88. The molecular weight excluding hydrogens is 283 g/mol. The second-order valence-electron chi connectivity index (χ2n) is 5.12. The number of alkyl halides is 3. The van der Waals surface area contributed by atoms with Crippen molar-refractivity contribution < 1.29 is 22.6 Å². The summed E-state index contributed by atoms with van der Waals surface area (Å²) in [6.45, 7) is 4.32. The van der Waals surface area contributed by atoms with Gasteiger partial charge in [0.2, 0.25) is 0 Å². The Morgan fingerprint density at radius 2 is 2.19 bits per heavy atom. The van der Waals surface area contributed by atoms with Crippen LogP contribution in [-0.4, -0.2) is 26.1 Å². The minimum Gasteiger partial charge on any atom is -0.406 e. The summed E-state index contributed by atoms with van der Waals surface area (Å²) in [5, 5.41) is 3.28. The fourth-order valence-corrected chi connectivity index (χ4v) is 2.64. The SMILES string of the molecule is CCNCC1CCCOC1c1cccc(OC(F)(F)F)c1. The van der Waals surface area contributed by atoms with E-state index < -0.39 is 6.36 Å². The first kappa shape index (κ1) is 16.1. The lowest BCUT2D eigenvalue weighted by molar-refractivity contribution is -0.274. The molecule has 1 fully saturated rings. The Hall–Kier alpha value is -1.27. The molecule has 6 heteroatoms. The van der Waals surface area contributed by atoms with E-state index in [0.29, 0.717) is 6.61 Å². The summed E-state index contributed by atoms with van der Waals surface area (Å²) < 4.78 is 46.6. The minimum absolute atomic E-state index is 0.186. The van der Waals surface area contributed by atoms with Crippen LogP contribution in [0.2, 0.25) is 0 Å². The molecule has 2 atom stereocenters. The minimum atomic E-state index is -4.67. The van der Waals surface area contributed by atoms with Crippen LogP contribution in [0.4, 0.5) is 13.2 Å². The molecule has 21 heavy (non-hydrogen) atoms. The summed E-state index contributed by atoms with van der Waals surface area (Å²) in [5.41, 5.74) is 0.736. The van der Waals surface area contributed by atoms with E-state index in [-0.39, 0.29) is 17.8 Å². The van der Waals surface area contributed by atoms with E-state index in [9.17, 15) is 13.2 Å². The van der Waals surface area contributed by atoms with Crippen LogP contribution < -0.4 is 10.1 Å². The second kappa shape index (κ2) is 7.13. The highest BCUT2D eigenvalue weighted by atomic mass is 19.4. The van der Waals surface area contributed by atoms with E-state index >= 15 is 0 Å². The fraction of sp³-hybridized carbons (Fsp3) is 0.600. The Balaban J connectivity index is 2.12. The second-order valence-corrected chi connectivity index (χ2v) is 5.12. The Kier molecular flexibility index (Phi) is 5.47. The van der Waals surface area contributed by atoms with Crippen LogP contribution in [0.5, 0.6) is 5.75 Å². The highest BCUT2D eigenvalue weighted by molar-refractivity contribution is 5.30. The molecule has 1 aromatic rings. The topological polar surface area (TPSA) is 30.5 Å². The average molecular weight is 303 g/mol. The predicted octanol–water partition coefficient (Wildman–Crippen LogP) is 3.66. The molecule has 3 nitrogen and oxygen atoms in total. The lowest BCUT2D eigenvalue weighted by atomic mass is 9.89. The van der Waals surface area contributed by atoms with Crippen molar-refractivity contribution in [3.8, 4) is 5.75 Å². The van der Waals surface area contributed by atoms with Crippen molar-refractivity contribution >= 4 is 0 Å². The number of hydrogen-bond acceptors (Lipinski definition) is 3. The highest BCUT2D eigenvalue weighted by Gasteiger charge is 2.32. The van der Waals surface area contributed by atoms with Crippen molar-refractivity contribution in [1.82, 2.24) is 5.32 Å². The molecule has 2 unspecified atom stereocenters. The summed E-state index contributed by atoms with van der Waals surface area (Å²) in [7, 11) is 0. The lowest BCUT2D eigenvalue weighted by Gasteiger charge is -2.32. The highest BCUT2D eigenvalue weighted by Crippen LogP contribution is 2.35. The zero-order valence-corrected chi connectivity index (χ0v) is 12.0. The third kappa shape index (κ3) is 4.89. The van der Waals surface area contributed by atoms with Gasteiger partial charge in [0.15, 0.2) is 0 Å². The molecule has 0 bridgehead atoms. The Labute approximate surface area is 122 Å². The summed E-state index contributed by atoms with van der Waals surface area (Å²) in [4.78, 5) is 0. The van der Waals surface area contributed by atoms with Crippen LogP contribution in [-0.2, 0) is 4.74 Å². The van der Waals surface area contributed by atoms with Gasteiger partial charge in [0, 0.05) is 19.1 Å². The maximum Gasteiger partial charge on any atom is 0.573 e. The molecule has 1 saturated heterocycles. The summed E-state index contributed by atoms with van der Waals surface area (Å²) in [5.74, 6) is 0.0659. The first-order valence-electron chi connectivity index (χ1n) is 7.17.